The van der Waals surface area contributed by atoms with Gasteiger partial charge in [0.1, 0.15) is 5.60 Å². The standard InChI is InChI=1S/C20H38N4O2S.HI/c1-8-21-17(22-13-20(5,6)27-7)23-14-11-15-9-10-16(12-14)24(15)18(25)26-19(2,3)4;/h14-16H,8-13H2,1-7H3,(H2,21,22,23);1H. The molecule has 0 saturated carbocycles. The van der Waals surface area contributed by atoms with Crippen molar-refractivity contribution in [1.29, 1.82) is 0 Å². The fourth-order valence-corrected chi connectivity index (χ4v) is 3.95. The van der Waals surface area contributed by atoms with E-state index in [2.05, 4.69) is 37.7 Å². The topological polar surface area (TPSA) is 66.0 Å². The number of carbonyl (C=O) groups excluding carboxylic acids is 1. The van der Waals surface area contributed by atoms with E-state index < -0.39 is 5.60 Å². The predicted molar refractivity (Wildman–Crippen MR) is 130 cm³/mol. The second kappa shape index (κ2) is 10.6. The number of thioether (sulfide) groups is 1. The summed E-state index contributed by atoms with van der Waals surface area (Å²) in [5.74, 6) is 0.884. The van der Waals surface area contributed by atoms with Gasteiger partial charge in [0.25, 0.3) is 0 Å². The average Bonchev–Trinajstić information content (AvgIpc) is 2.83. The number of rotatable bonds is 5. The number of hydrogen-bond donors (Lipinski definition) is 2. The molecule has 2 rings (SSSR count). The summed E-state index contributed by atoms with van der Waals surface area (Å²) in [5, 5.41) is 6.98. The van der Waals surface area contributed by atoms with E-state index in [0.29, 0.717) is 6.04 Å². The molecule has 2 unspecified atom stereocenters. The fraction of sp³-hybridized carbons (Fsp3) is 0.900. The van der Waals surface area contributed by atoms with E-state index in [1.54, 1.807) is 0 Å². The number of halogens is 1. The number of amides is 1. The summed E-state index contributed by atoms with van der Waals surface area (Å²) >= 11 is 1.83. The first-order valence-corrected chi connectivity index (χ1v) is 11.4. The van der Waals surface area contributed by atoms with E-state index in [0.717, 1.165) is 44.7 Å². The van der Waals surface area contributed by atoms with Crippen molar-refractivity contribution >= 4 is 47.8 Å². The molecule has 6 nitrogen and oxygen atoms in total. The third-order valence-electron chi connectivity index (χ3n) is 5.19. The van der Waals surface area contributed by atoms with Crippen LogP contribution in [0.15, 0.2) is 4.99 Å². The van der Waals surface area contributed by atoms with Crippen molar-refractivity contribution in [3.05, 3.63) is 0 Å². The molecule has 2 heterocycles. The molecule has 2 fully saturated rings. The maximum absolute atomic E-state index is 12.6. The first-order chi connectivity index (χ1) is 12.5. The van der Waals surface area contributed by atoms with Gasteiger partial charge in [-0.25, -0.2) is 4.79 Å². The number of fused-ring (bicyclic) bond motifs is 2. The lowest BCUT2D eigenvalue weighted by Gasteiger charge is -2.40. The lowest BCUT2D eigenvalue weighted by Crippen LogP contribution is -2.55. The molecule has 0 aromatic carbocycles. The van der Waals surface area contributed by atoms with Crippen molar-refractivity contribution in [3.8, 4) is 0 Å². The molecule has 28 heavy (non-hydrogen) atoms. The number of nitrogens with one attached hydrogen (secondary N) is 2. The molecular weight excluding hydrogens is 487 g/mol. The Balaban J connectivity index is 0.00000392. The Labute approximate surface area is 192 Å². The Morgan fingerprint density at radius 2 is 1.75 bits per heavy atom. The van der Waals surface area contributed by atoms with Crippen LogP contribution in [0, 0.1) is 0 Å². The maximum atomic E-state index is 12.6. The minimum Gasteiger partial charge on any atom is -0.444 e. The molecule has 2 saturated heterocycles. The number of hydrogen-bond acceptors (Lipinski definition) is 4. The van der Waals surface area contributed by atoms with E-state index >= 15 is 0 Å². The van der Waals surface area contributed by atoms with Gasteiger partial charge in [-0.05, 0) is 73.5 Å². The summed E-state index contributed by atoms with van der Waals surface area (Å²) in [7, 11) is 0. The van der Waals surface area contributed by atoms with Crippen LogP contribution < -0.4 is 10.6 Å². The van der Waals surface area contributed by atoms with Gasteiger partial charge in [-0.2, -0.15) is 11.8 Å². The van der Waals surface area contributed by atoms with Crippen LogP contribution in [-0.2, 0) is 4.74 Å². The van der Waals surface area contributed by atoms with Crippen LogP contribution in [0.4, 0.5) is 4.79 Å². The molecule has 0 spiro atoms. The highest BCUT2D eigenvalue weighted by Gasteiger charge is 2.45. The molecule has 0 aliphatic carbocycles. The Kier molecular flexibility index (Phi) is 9.70. The van der Waals surface area contributed by atoms with Crippen molar-refractivity contribution < 1.29 is 9.53 Å². The molecule has 0 aromatic rings. The van der Waals surface area contributed by atoms with E-state index in [4.69, 9.17) is 9.73 Å². The minimum atomic E-state index is -0.444. The average molecular weight is 527 g/mol. The highest BCUT2D eigenvalue weighted by atomic mass is 127. The Bertz CT molecular complexity index is 537. The van der Waals surface area contributed by atoms with Gasteiger partial charge in [0.2, 0.25) is 0 Å². The zero-order valence-electron chi connectivity index (χ0n) is 18.5. The third kappa shape index (κ3) is 7.46. The van der Waals surface area contributed by atoms with Gasteiger partial charge in [0, 0.05) is 29.4 Å². The maximum Gasteiger partial charge on any atom is 0.410 e. The summed E-state index contributed by atoms with van der Waals surface area (Å²) in [6.07, 6.45) is 6.00. The van der Waals surface area contributed by atoms with Crippen LogP contribution in [0.5, 0.6) is 0 Å². The van der Waals surface area contributed by atoms with Gasteiger partial charge in [0.05, 0.1) is 6.54 Å². The molecule has 2 N–H and O–H groups in total. The Morgan fingerprint density at radius 3 is 2.21 bits per heavy atom. The predicted octanol–water partition coefficient (Wildman–Crippen LogP) is 4.23. The van der Waals surface area contributed by atoms with Gasteiger partial charge in [-0.15, -0.1) is 24.0 Å². The molecule has 8 heteroatoms. The zero-order chi connectivity index (χ0) is 20.2. The number of nitrogens with zero attached hydrogens (tertiary/aromatic N) is 2. The van der Waals surface area contributed by atoms with Crippen molar-refractivity contribution in [2.45, 2.75) is 95.7 Å². The van der Waals surface area contributed by atoms with Crippen molar-refractivity contribution in [1.82, 2.24) is 15.5 Å². The molecular formula is C20H39IN4O2S. The van der Waals surface area contributed by atoms with E-state index in [1.165, 1.54) is 0 Å². The SMILES string of the molecule is CCNC(=NCC(C)(C)SC)NC1CC2CCC(C1)N2C(=O)OC(C)(C)C.I. The first kappa shape index (κ1) is 25.7. The van der Waals surface area contributed by atoms with Crippen LogP contribution in [0.3, 0.4) is 0 Å². The molecule has 164 valence electrons. The number of aliphatic imine (C=N–C) groups is 1. The quantitative estimate of drug-likeness (QED) is 0.319. The summed E-state index contributed by atoms with van der Waals surface area (Å²) in [4.78, 5) is 19.4. The molecule has 2 aliphatic heterocycles. The van der Waals surface area contributed by atoms with E-state index in [-0.39, 0.29) is 46.9 Å². The molecule has 0 aromatic heterocycles. The van der Waals surface area contributed by atoms with Crippen molar-refractivity contribution in [2.24, 2.45) is 4.99 Å². The molecule has 2 aliphatic rings. The number of guanidine groups is 1. The fourth-order valence-electron chi connectivity index (χ4n) is 3.75. The van der Waals surface area contributed by atoms with E-state index in [9.17, 15) is 4.79 Å². The second-order valence-electron chi connectivity index (χ2n) is 9.24. The Hall–Kier alpha value is -0.380. The molecule has 1 amide bonds. The summed E-state index contributed by atoms with van der Waals surface area (Å²) in [5.41, 5.74) is -0.444. The smallest absolute Gasteiger partial charge is 0.410 e. The van der Waals surface area contributed by atoms with Gasteiger partial charge in [-0.1, -0.05) is 0 Å². The second-order valence-corrected chi connectivity index (χ2v) is 10.8. The largest absolute Gasteiger partial charge is 0.444 e. The van der Waals surface area contributed by atoms with Crippen LogP contribution in [-0.4, -0.2) is 64.8 Å². The van der Waals surface area contributed by atoms with Crippen LogP contribution >= 0.6 is 35.7 Å². The lowest BCUT2D eigenvalue weighted by molar-refractivity contribution is 0.00545. The summed E-state index contributed by atoms with van der Waals surface area (Å²) in [6, 6.07) is 0.875. The third-order valence-corrected chi connectivity index (χ3v) is 6.43. The molecule has 2 bridgehead atoms. The number of piperidine rings is 1. The highest BCUT2D eigenvalue weighted by molar-refractivity contribution is 14.0. The van der Waals surface area contributed by atoms with Gasteiger partial charge >= 0.3 is 6.09 Å². The van der Waals surface area contributed by atoms with Gasteiger partial charge < -0.3 is 20.3 Å². The van der Waals surface area contributed by atoms with Gasteiger partial charge in [-0.3, -0.25) is 4.99 Å². The number of ether oxygens (including phenoxy) is 1. The molecule has 0 radical (unpaired) electrons. The van der Waals surface area contributed by atoms with Gasteiger partial charge in [0.15, 0.2) is 5.96 Å². The van der Waals surface area contributed by atoms with E-state index in [1.807, 2.05) is 37.4 Å². The van der Waals surface area contributed by atoms with Crippen LogP contribution in [0.1, 0.15) is 67.2 Å². The summed E-state index contributed by atoms with van der Waals surface area (Å²) < 4.78 is 5.76. The summed E-state index contributed by atoms with van der Waals surface area (Å²) in [6.45, 7) is 13.9. The zero-order valence-corrected chi connectivity index (χ0v) is 21.6. The monoisotopic (exact) mass is 526 g/mol. The van der Waals surface area contributed by atoms with Crippen LogP contribution in [0.2, 0.25) is 0 Å². The first-order valence-electron chi connectivity index (χ1n) is 10.2. The Morgan fingerprint density at radius 1 is 1.18 bits per heavy atom. The lowest BCUT2D eigenvalue weighted by atomic mass is 9.98. The van der Waals surface area contributed by atoms with Crippen molar-refractivity contribution in [2.75, 3.05) is 19.3 Å². The van der Waals surface area contributed by atoms with Crippen molar-refractivity contribution in [3.63, 3.8) is 0 Å². The minimum absolute atomic E-state index is 0. The molecule has 2 atom stereocenters. The van der Waals surface area contributed by atoms with Crippen LogP contribution in [0.25, 0.3) is 0 Å². The number of carbonyl (C=O) groups is 1. The highest BCUT2D eigenvalue weighted by Crippen LogP contribution is 2.36. The normalized spacial score (nSPS) is 25.2.